The average Bonchev–Trinajstić information content (AvgIpc) is 2.75. The fourth-order valence-electron chi connectivity index (χ4n) is 1.90. The van der Waals surface area contributed by atoms with Gasteiger partial charge in [0.2, 0.25) is 0 Å². The Kier molecular flexibility index (Phi) is 5.45. The normalized spacial score (nSPS) is 11.3. The van der Waals surface area contributed by atoms with Gasteiger partial charge in [-0.05, 0) is 18.2 Å². The van der Waals surface area contributed by atoms with Gasteiger partial charge in [-0.3, -0.25) is 0 Å². The number of halogens is 2. The van der Waals surface area contributed by atoms with Gasteiger partial charge in [0, 0.05) is 18.7 Å². The summed E-state index contributed by atoms with van der Waals surface area (Å²) < 4.78 is 12.5. The lowest BCUT2D eigenvalue weighted by molar-refractivity contribution is 0.0667. The molecule has 2 aromatic rings. The minimum atomic E-state index is 0.365. The highest BCUT2D eigenvalue weighted by Gasteiger charge is 2.09. The van der Waals surface area contributed by atoms with Gasteiger partial charge in [-0.25, -0.2) is 4.98 Å². The molecule has 0 amide bonds. The van der Waals surface area contributed by atoms with Crippen LogP contribution in [0.2, 0.25) is 5.02 Å². The summed E-state index contributed by atoms with van der Waals surface area (Å²) in [6.45, 7) is 2.50. The smallest absolute Gasteiger partial charge is 0.124 e. The number of alkyl halides is 1. The highest BCUT2D eigenvalue weighted by molar-refractivity contribution is 6.31. The molecule has 0 saturated heterocycles. The number of methoxy groups -OCH3 is 1. The molecule has 0 aliphatic carbocycles. The van der Waals surface area contributed by atoms with E-state index in [1.807, 2.05) is 18.2 Å². The molecular weight excluding hydrogens is 287 g/mol. The van der Waals surface area contributed by atoms with Gasteiger partial charge in [-0.1, -0.05) is 11.6 Å². The van der Waals surface area contributed by atoms with E-state index in [9.17, 15) is 0 Å². The molecule has 0 unspecified atom stereocenters. The molecule has 6 heteroatoms. The number of hydrogen-bond donors (Lipinski definition) is 0. The Balaban J connectivity index is 2.11. The molecule has 0 N–H and O–H groups in total. The molecule has 104 valence electrons. The monoisotopic (exact) mass is 302 g/mol. The Morgan fingerprint density at radius 2 is 2.11 bits per heavy atom. The maximum Gasteiger partial charge on any atom is 0.124 e. The minimum absolute atomic E-state index is 0.365. The van der Waals surface area contributed by atoms with E-state index in [-0.39, 0.29) is 0 Å². The van der Waals surface area contributed by atoms with Crippen LogP contribution in [0.15, 0.2) is 18.2 Å². The zero-order chi connectivity index (χ0) is 13.7. The second-order valence-electron chi connectivity index (χ2n) is 4.05. The van der Waals surface area contributed by atoms with Crippen molar-refractivity contribution in [2.75, 3.05) is 26.9 Å². The largest absolute Gasteiger partial charge is 0.382 e. The van der Waals surface area contributed by atoms with Crippen LogP contribution in [0.25, 0.3) is 11.0 Å². The summed E-state index contributed by atoms with van der Waals surface area (Å²) in [5.41, 5.74) is 1.88. The molecule has 19 heavy (non-hydrogen) atoms. The number of hydrogen-bond acceptors (Lipinski definition) is 3. The van der Waals surface area contributed by atoms with Crippen molar-refractivity contribution in [1.82, 2.24) is 9.55 Å². The lowest BCUT2D eigenvalue weighted by Crippen LogP contribution is -2.11. The molecule has 0 radical (unpaired) electrons. The highest BCUT2D eigenvalue weighted by atomic mass is 35.5. The van der Waals surface area contributed by atoms with Gasteiger partial charge in [-0.2, -0.15) is 0 Å². The second-order valence-corrected chi connectivity index (χ2v) is 4.76. The number of nitrogens with zero attached hydrogens (tertiary/aromatic N) is 2. The molecule has 1 aromatic carbocycles. The molecule has 0 spiro atoms. The summed E-state index contributed by atoms with van der Waals surface area (Å²) in [5, 5.41) is 0.676. The summed E-state index contributed by atoms with van der Waals surface area (Å²) >= 11 is 11.9. The van der Waals surface area contributed by atoms with Gasteiger partial charge in [0.15, 0.2) is 0 Å². The fourth-order valence-corrected chi connectivity index (χ4v) is 2.27. The third-order valence-corrected chi connectivity index (χ3v) is 3.27. The molecule has 1 heterocycles. The number of imidazole rings is 1. The zero-order valence-corrected chi connectivity index (χ0v) is 12.2. The van der Waals surface area contributed by atoms with Crippen molar-refractivity contribution in [3.63, 3.8) is 0 Å². The van der Waals surface area contributed by atoms with E-state index < -0.39 is 0 Å². The number of fused-ring (bicyclic) bond motifs is 1. The SMILES string of the molecule is COCCOCCn1c(CCl)nc2cc(Cl)ccc21. The van der Waals surface area contributed by atoms with E-state index in [4.69, 9.17) is 32.7 Å². The summed E-state index contributed by atoms with van der Waals surface area (Å²) in [6, 6.07) is 5.65. The Hall–Kier alpha value is -0.810. The molecule has 0 aliphatic heterocycles. The summed E-state index contributed by atoms with van der Waals surface area (Å²) in [7, 11) is 1.65. The van der Waals surface area contributed by atoms with Gasteiger partial charge in [-0.15, -0.1) is 11.6 Å². The fraction of sp³-hybridized carbons (Fsp3) is 0.462. The van der Waals surface area contributed by atoms with Crippen LogP contribution in [0.4, 0.5) is 0 Å². The summed E-state index contributed by atoms with van der Waals surface area (Å²) in [4.78, 5) is 4.47. The molecule has 0 atom stereocenters. The number of ether oxygens (including phenoxy) is 2. The maximum atomic E-state index is 5.96. The highest BCUT2D eigenvalue weighted by Crippen LogP contribution is 2.21. The Morgan fingerprint density at radius 3 is 2.84 bits per heavy atom. The molecule has 2 rings (SSSR count). The van der Waals surface area contributed by atoms with Crippen LogP contribution in [-0.4, -0.2) is 36.5 Å². The predicted octanol–water partition coefficient (Wildman–Crippen LogP) is 3.09. The van der Waals surface area contributed by atoms with Crippen LogP contribution < -0.4 is 0 Å². The van der Waals surface area contributed by atoms with E-state index in [0.717, 1.165) is 16.9 Å². The first-order chi connectivity index (χ1) is 9.26. The first kappa shape index (κ1) is 14.6. The van der Waals surface area contributed by atoms with Gasteiger partial charge in [0.05, 0.1) is 36.7 Å². The van der Waals surface area contributed by atoms with E-state index in [2.05, 4.69) is 9.55 Å². The maximum absolute atomic E-state index is 5.96. The van der Waals surface area contributed by atoms with Crippen LogP contribution in [-0.2, 0) is 21.9 Å². The van der Waals surface area contributed by atoms with E-state index in [1.165, 1.54) is 0 Å². The lowest BCUT2D eigenvalue weighted by atomic mass is 10.3. The van der Waals surface area contributed by atoms with Crippen molar-refractivity contribution in [2.45, 2.75) is 12.4 Å². The zero-order valence-electron chi connectivity index (χ0n) is 10.7. The Bertz CT molecular complexity index is 543. The van der Waals surface area contributed by atoms with Gasteiger partial charge < -0.3 is 14.0 Å². The summed E-state index contributed by atoms with van der Waals surface area (Å²) in [6.07, 6.45) is 0. The van der Waals surface area contributed by atoms with Gasteiger partial charge in [0.25, 0.3) is 0 Å². The van der Waals surface area contributed by atoms with Crippen LogP contribution in [0.1, 0.15) is 5.82 Å². The topological polar surface area (TPSA) is 36.3 Å². The second kappa shape index (κ2) is 7.10. The van der Waals surface area contributed by atoms with E-state index >= 15 is 0 Å². The first-order valence-electron chi connectivity index (χ1n) is 6.03. The van der Waals surface area contributed by atoms with Gasteiger partial charge >= 0.3 is 0 Å². The average molecular weight is 303 g/mol. The standard InChI is InChI=1S/C13H16Cl2N2O2/c1-18-6-7-19-5-4-17-12-3-2-10(15)8-11(12)16-13(17)9-14/h2-3,8H,4-7,9H2,1H3. The Labute approximate surface area is 122 Å². The van der Waals surface area contributed by atoms with Crippen LogP contribution in [0, 0.1) is 0 Å². The van der Waals surface area contributed by atoms with E-state index in [1.54, 1.807) is 7.11 Å². The molecular formula is C13H16Cl2N2O2. The molecule has 0 fully saturated rings. The molecule has 4 nitrogen and oxygen atoms in total. The third-order valence-electron chi connectivity index (χ3n) is 2.80. The molecule has 1 aromatic heterocycles. The predicted molar refractivity (Wildman–Crippen MR) is 77.0 cm³/mol. The molecule has 0 bridgehead atoms. The van der Waals surface area contributed by atoms with Crippen molar-refractivity contribution in [3.05, 3.63) is 29.0 Å². The summed E-state index contributed by atoms with van der Waals surface area (Å²) in [5.74, 6) is 1.19. The van der Waals surface area contributed by atoms with Crippen LogP contribution >= 0.6 is 23.2 Å². The third kappa shape index (κ3) is 3.60. The number of rotatable bonds is 7. The van der Waals surface area contributed by atoms with Gasteiger partial charge in [0.1, 0.15) is 5.82 Å². The number of benzene rings is 1. The van der Waals surface area contributed by atoms with Crippen LogP contribution in [0.3, 0.4) is 0 Å². The van der Waals surface area contributed by atoms with Crippen molar-refractivity contribution in [3.8, 4) is 0 Å². The first-order valence-corrected chi connectivity index (χ1v) is 6.95. The lowest BCUT2D eigenvalue weighted by Gasteiger charge is -2.08. The van der Waals surface area contributed by atoms with Crippen LogP contribution in [0.5, 0.6) is 0 Å². The van der Waals surface area contributed by atoms with Crippen molar-refractivity contribution in [1.29, 1.82) is 0 Å². The van der Waals surface area contributed by atoms with E-state index in [0.29, 0.717) is 37.3 Å². The quantitative estimate of drug-likeness (QED) is 0.582. The van der Waals surface area contributed by atoms with Crippen molar-refractivity contribution >= 4 is 34.2 Å². The Morgan fingerprint density at radius 1 is 1.26 bits per heavy atom. The minimum Gasteiger partial charge on any atom is -0.382 e. The molecule has 0 aliphatic rings. The molecule has 0 saturated carbocycles. The van der Waals surface area contributed by atoms with Crippen molar-refractivity contribution < 1.29 is 9.47 Å². The number of aromatic nitrogens is 2. The van der Waals surface area contributed by atoms with Crippen molar-refractivity contribution in [2.24, 2.45) is 0 Å².